The molecule has 0 aliphatic heterocycles. The molecule has 1 spiro atoms. The Hall–Kier alpha value is -1.22. The monoisotopic (exact) mass is 282 g/mol. The Labute approximate surface area is 115 Å². The molecule has 1 saturated carbocycles. The normalized spacial score (nSPS) is 26.2. The maximum atomic E-state index is 14.4. The number of carbonyl (C=O) groups is 1. The van der Waals surface area contributed by atoms with E-state index in [1.165, 1.54) is 0 Å². The fraction of sp³-hybridized carbons (Fsp3) is 0.400. The second kappa shape index (κ2) is 4.14. The number of rotatable bonds is 0. The maximum Gasteiger partial charge on any atom is 0.164 e. The molecule has 0 unspecified atom stereocenters. The third kappa shape index (κ3) is 1.61. The van der Waals surface area contributed by atoms with Crippen LogP contribution in [-0.2, 0) is 10.2 Å². The zero-order valence-corrected chi connectivity index (χ0v) is 11.3. The summed E-state index contributed by atoms with van der Waals surface area (Å²) in [4.78, 5) is 11.7. The van der Waals surface area contributed by atoms with Crippen molar-refractivity contribution >= 4 is 23.2 Å². The van der Waals surface area contributed by atoms with Gasteiger partial charge in [-0.1, -0.05) is 23.7 Å². The van der Waals surface area contributed by atoms with Crippen molar-refractivity contribution in [2.24, 2.45) is 0 Å². The Morgan fingerprint density at radius 1 is 1.32 bits per heavy atom. The van der Waals surface area contributed by atoms with Gasteiger partial charge in [-0.2, -0.15) is 0 Å². The van der Waals surface area contributed by atoms with Gasteiger partial charge in [0.05, 0.1) is 10.4 Å². The minimum atomic E-state index is -1.11. The second-order valence-electron chi connectivity index (χ2n) is 5.40. The molecule has 0 saturated heterocycles. The number of fused-ring (bicyclic) bond motifs is 2. The molecule has 1 fully saturated rings. The van der Waals surface area contributed by atoms with Crippen molar-refractivity contribution in [2.75, 3.05) is 0 Å². The Kier molecular flexibility index (Phi) is 2.79. The van der Waals surface area contributed by atoms with Gasteiger partial charge in [-0.3, -0.25) is 4.79 Å². The molecule has 0 heterocycles. The second-order valence-corrected chi connectivity index (χ2v) is 5.78. The first-order chi connectivity index (χ1) is 8.97. The highest BCUT2D eigenvalue weighted by Crippen LogP contribution is 2.56. The van der Waals surface area contributed by atoms with Crippen molar-refractivity contribution < 1.29 is 13.6 Å². The van der Waals surface area contributed by atoms with Gasteiger partial charge in [0.1, 0.15) is 11.6 Å². The summed E-state index contributed by atoms with van der Waals surface area (Å²) in [5, 5.41) is 0.250. The number of allylic oxidation sites excluding steroid dienone is 1. The van der Waals surface area contributed by atoms with E-state index >= 15 is 0 Å². The highest BCUT2D eigenvalue weighted by Gasteiger charge is 2.50. The van der Waals surface area contributed by atoms with E-state index in [4.69, 9.17) is 11.6 Å². The summed E-state index contributed by atoms with van der Waals surface area (Å²) in [6, 6.07) is 3.47. The van der Waals surface area contributed by atoms with Crippen molar-refractivity contribution in [1.82, 2.24) is 0 Å². The van der Waals surface area contributed by atoms with Gasteiger partial charge < -0.3 is 0 Å². The summed E-state index contributed by atoms with van der Waals surface area (Å²) in [6.07, 6.45) is 1.54. The summed E-state index contributed by atoms with van der Waals surface area (Å²) < 4.78 is 28.6. The number of halogens is 3. The molecule has 2 aliphatic rings. The van der Waals surface area contributed by atoms with E-state index in [9.17, 15) is 13.6 Å². The molecule has 0 N–H and O–H groups in total. The Balaban J connectivity index is 2.27. The lowest BCUT2D eigenvalue weighted by molar-refractivity contribution is -0.121. The summed E-state index contributed by atoms with van der Waals surface area (Å²) in [6.45, 7) is 1.75. The number of aryl methyl sites for hydroxylation is 1. The summed E-state index contributed by atoms with van der Waals surface area (Å²) in [5.74, 6) is -1.72. The average Bonchev–Trinajstić information content (AvgIpc) is 2.57. The molecular formula is C15H13ClF2O. The fourth-order valence-corrected chi connectivity index (χ4v) is 3.50. The van der Waals surface area contributed by atoms with E-state index in [0.717, 1.165) is 0 Å². The molecule has 0 aromatic heterocycles. The molecule has 19 heavy (non-hydrogen) atoms. The average molecular weight is 283 g/mol. The van der Waals surface area contributed by atoms with E-state index in [2.05, 4.69) is 0 Å². The number of carbonyl (C=O) groups excluding carboxylic acids is 1. The van der Waals surface area contributed by atoms with Crippen LogP contribution in [0.15, 0.2) is 18.0 Å². The first-order valence-electron chi connectivity index (χ1n) is 6.35. The molecule has 0 amide bonds. The summed E-state index contributed by atoms with van der Waals surface area (Å²) in [5.41, 5.74) is 0.286. The van der Waals surface area contributed by atoms with Gasteiger partial charge in [0.2, 0.25) is 0 Å². The first kappa shape index (κ1) is 12.8. The van der Waals surface area contributed by atoms with Crippen molar-refractivity contribution in [3.8, 4) is 0 Å². The van der Waals surface area contributed by atoms with E-state index in [1.807, 2.05) is 0 Å². The van der Waals surface area contributed by atoms with Crippen LogP contribution in [-0.4, -0.2) is 5.78 Å². The predicted octanol–water partition coefficient (Wildman–Crippen LogP) is 4.65. The Morgan fingerprint density at radius 2 is 2.05 bits per heavy atom. The Morgan fingerprint density at radius 3 is 2.74 bits per heavy atom. The van der Waals surface area contributed by atoms with Crippen LogP contribution < -0.4 is 0 Å². The van der Waals surface area contributed by atoms with Crippen molar-refractivity contribution in [3.05, 3.63) is 39.7 Å². The summed E-state index contributed by atoms with van der Waals surface area (Å²) in [7, 11) is 0. The van der Waals surface area contributed by atoms with Gasteiger partial charge in [-0.05, 0) is 30.9 Å². The van der Waals surface area contributed by atoms with Crippen molar-refractivity contribution in [2.45, 2.75) is 38.0 Å². The third-order valence-corrected chi connectivity index (χ3v) is 4.73. The molecule has 0 bridgehead atoms. The minimum absolute atomic E-state index is 0.0150. The van der Waals surface area contributed by atoms with Crippen LogP contribution in [0.3, 0.4) is 0 Å². The van der Waals surface area contributed by atoms with E-state index in [1.54, 1.807) is 19.1 Å². The molecule has 3 rings (SSSR count). The highest BCUT2D eigenvalue weighted by molar-refractivity contribution is 6.33. The highest BCUT2D eigenvalue weighted by atomic mass is 35.5. The predicted molar refractivity (Wildman–Crippen MR) is 70.5 cm³/mol. The molecule has 4 heteroatoms. The summed E-state index contributed by atoms with van der Waals surface area (Å²) >= 11 is 6.11. The van der Waals surface area contributed by atoms with Gasteiger partial charge in [-0.25, -0.2) is 8.78 Å². The molecule has 1 aromatic carbocycles. The van der Waals surface area contributed by atoms with Crippen molar-refractivity contribution in [3.63, 3.8) is 0 Å². The smallest absolute Gasteiger partial charge is 0.164 e. The molecular weight excluding hydrogens is 270 g/mol. The topological polar surface area (TPSA) is 17.1 Å². The third-order valence-electron chi connectivity index (χ3n) is 4.24. The van der Waals surface area contributed by atoms with E-state index in [0.29, 0.717) is 30.4 Å². The van der Waals surface area contributed by atoms with Gasteiger partial charge >= 0.3 is 0 Å². The lowest BCUT2D eigenvalue weighted by Crippen LogP contribution is -2.32. The van der Waals surface area contributed by atoms with Gasteiger partial charge in [0.25, 0.3) is 0 Å². The van der Waals surface area contributed by atoms with E-state index in [-0.39, 0.29) is 22.8 Å². The molecule has 1 aromatic rings. The van der Waals surface area contributed by atoms with Crippen LogP contribution in [0.2, 0.25) is 5.02 Å². The van der Waals surface area contributed by atoms with Gasteiger partial charge in [0.15, 0.2) is 5.83 Å². The molecule has 1 nitrogen and oxygen atoms in total. The van der Waals surface area contributed by atoms with Crippen LogP contribution >= 0.6 is 11.6 Å². The minimum Gasteiger partial charge on any atom is -0.300 e. The maximum absolute atomic E-state index is 14.4. The number of Topliss-reactive ketones (excluding diaryl/α,β-unsaturated/α-hetero) is 1. The van der Waals surface area contributed by atoms with Gasteiger partial charge in [-0.15, -0.1) is 0 Å². The number of hydrogen-bond donors (Lipinski definition) is 0. The van der Waals surface area contributed by atoms with E-state index < -0.39 is 17.1 Å². The lowest BCUT2D eigenvalue weighted by atomic mass is 9.70. The van der Waals surface area contributed by atoms with Crippen LogP contribution in [0.4, 0.5) is 8.78 Å². The Bertz CT molecular complexity index is 621. The van der Waals surface area contributed by atoms with Crippen molar-refractivity contribution in [1.29, 1.82) is 0 Å². The molecule has 0 radical (unpaired) electrons. The molecule has 2 aliphatic carbocycles. The van der Waals surface area contributed by atoms with Crippen LogP contribution in [0.1, 0.15) is 42.4 Å². The zero-order valence-electron chi connectivity index (χ0n) is 10.5. The van der Waals surface area contributed by atoms with Crippen LogP contribution in [0, 0.1) is 6.92 Å². The van der Waals surface area contributed by atoms with Crippen LogP contribution in [0.5, 0.6) is 0 Å². The number of benzene rings is 1. The quantitative estimate of drug-likeness (QED) is 0.677. The number of hydrogen-bond acceptors (Lipinski definition) is 1. The zero-order chi connectivity index (χ0) is 13.8. The molecule has 100 valence electrons. The number of ketones is 1. The SMILES string of the molecule is Cc1ccc2c(c1Cl)C(F)=C(F)[C@@]21CCCC(=O)C1. The largest absolute Gasteiger partial charge is 0.300 e. The van der Waals surface area contributed by atoms with Gasteiger partial charge in [0, 0.05) is 18.4 Å². The first-order valence-corrected chi connectivity index (χ1v) is 6.72. The fourth-order valence-electron chi connectivity index (χ4n) is 3.25. The molecule has 1 atom stereocenters. The lowest BCUT2D eigenvalue weighted by Gasteiger charge is -2.33. The standard InChI is InChI=1S/C15H13ClF2O/c1-8-4-5-10-11(12(8)16)13(17)14(18)15(10)6-2-3-9(19)7-15/h4-5H,2-3,6-7H2,1H3/t15-/m1/s1. The van der Waals surface area contributed by atoms with Crippen LogP contribution in [0.25, 0.3) is 5.83 Å².